The molecule has 7 nitrogen and oxygen atoms in total. The summed E-state index contributed by atoms with van der Waals surface area (Å²) in [7, 11) is -3.76. The predicted octanol–water partition coefficient (Wildman–Crippen LogP) is 1.69. The summed E-state index contributed by atoms with van der Waals surface area (Å²) in [6.45, 7) is 9.13. The lowest BCUT2D eigenvalue weighted by molar-refractivity contribution is -0.124. The van der Waals surface area contributed by atoms with Crippen molar-refractivity contribution in [3.05, 3.63) is 29.8 Å². The lowest BCUT2D eigenvalue weighted by Crippen LogP contribution is -2.40. The summed E-state index contributed by atoms with van der Waals surface area (Å²) >= 11 is 0. The van der Waals surface area contributed by atoms with Crippen LogP contribution in [0.25, 0.3) is 0 Å². The van der Waals surface area contributed by atoms with Gasteiger partial charge in [0.25, 0.3) is 5.91 Å². The van der Waals surface area contributed by atoms with Crippen molar-refractivity contribution in [2.75, 3.05) is 13.2 Å². The van der Waals surface area contributed by atoms with Crippen LogP contribution in [0, 0.1) is 5.92 Å². The summed E-state index contributed by atoms with van der Waals surface area (Å²) in [4.78, 5) is 23.6. The number of rotatable bonds is 7. The molecule has 0 saturated carbocycles. The van der Waals surface area contributed by atoms with Gasteiger partial charge in [-0.25, -0.2) is 17.9 Å². The number of carbonyl (C=O) groups excluding carboxylic acids is 2. The van der Waals surface area contributed by atoms with Crippen LogP contribution in [0.4, 0.5) is 0 Å². The first-order valence-corrected chi connectivity index (χ1v) is 9.47. The highest BCUT2D eigenvalue weighted by molar-refractivity contribution is 7.89. The molecule has 1 aromatic carbocycles. The molecule has 0 aromatic heterocycles. The number of esters is 1. The number of hydrogen-bond donors (Lipinski definition) is 2. The van der Waals surface area contributed by atoms with E-state index in [1.54, 1.807) is 20.8 Å². The summed E-state index contributed by atoms with van der Waals surface area (Å²) in [6.07, 6.45) is 0. The van der Waals surface area contributed by atoms with Crippen molar-refractivity contribution in [2.45, 2.75) is 45.1 Å². The molecular weight excluding hydrogens is 344 g/mol. The fourth-order valence-corrected chi connectivity index (χ4v) is 3.30. The maximum Gasteiger partial charge on any atom is 0.338 e. The van der Waals surface area contributed by atoms with Crippen molar-refractivity contribution in [3.8, 4) is 0 Å². The molecule has 0 unspecified atom stereocenters. The molecule has 0 radical (unpaired) electrons. The van der Waals surface area contributed by atoms with Gasteiger partial charge in [-0.15, -0.1) is 0 Å². The number of carbonyl (C=O) groups is 2. The largest absolute Gasteiger partial charge is 0.452 e. The van der Waals surface area contributed by atoms with Crippen LogP contribution in [0.5, 0.6) is 0 Å². The van der Waals surface area contributed by atoms with Crippen molar-refractivity contribution in [1.82, 2.24) is 10.0 Å². The zero-order chi connectivity index (χ0) is 19.3. The van der Waals surface area contributed by atoms with E-state index in [0.717, 1.165) is 0 Å². The number of sulfonamides is 1. The van der Waals surface area contributed by atoms with Gasteiger partial charge >= 0.3 is 5.97 Å². The molecule has 2 N–H and O–H groups in total. The molecule has 1 amide bonds. The molecule has 8 heteroatoms. The molecule has 0 bridgehead atoms. The average molecular weight is 370 g/mol. The van der Waals surface area contributed by atoms with Crippen LogP contribution in [0.15, 0.2) is 29.2 Å². The molecule has 25 heavy (non-hydrogen) atoms. The first-order chi connectivity index (χ1) is 11.4. The number of hydrogen-bond acceptors (Lipinski definition) is 5. The molecule has 0 aliphatic heterocycles. The number of amides is 1. The van der Waals surface area contributed by atoms with E-state index in [1.165, 1.54) is 24.3 Å². The first kappa shape index (κ1) is 21.1. The second kappa shape index (κ2) is 8.44. The molecule has 0 atom stereocenters. The van der Waals surface area contributed by atoms with E-state index in [0.29, 0.717) is 6.54 Å². The predicted molar refractivity (Wildman–Crippen MR) is 94.6 cm³/mol. The van der Waals surface area contributed by atoms with E-state index in [9.17, 15) is 18.0 Å². The van der Waals surface area contributed by atoms with Crippen molar-refractivity contribution in [1.29, 1.82) is 0 Å². The molecule has 0 heterocycles. The maximum absolute atomic E-state index is 12.3. The molecule has 1 aromatic rings. The first-order valence-electron chi connectivity index (χ1n) is 7.98. The minimum Gasteiger partial charge on any atom is -0.452 e. The van der Waals surface area contributed by atoms with E-state index < -0.39 is 34.0 Å². The monoisotopic (exact) mass is 370 g/mol. The third-order valence-corrected chi connectivity index (χ3v) is 4.62. The highest BCUT2D eigenvalue weighted by Gasteiger charge is 2.23. The Hall–Kier alpha value is -1.93. The smallest absolute Gasteiger partial charge is 0.338 e. The van der Waals surface area contributed by atoms with Crippen molar-refractivity contribution < 1.29 is 22.7 Å². The average Bonchev–Trinajstić information content (AvgIpc) is 2.48. The normalized spacial score (nSPS) is 12.1. The number of nitrogens with one attached hydrogen (secondary N) is 2. The summed E-state index contributed by atoms with van der Waals surface area (Å²) < 4.78 is 32.1. The Labute approximate surface area is 149 Å². The Bertz CT molecular complexity index is 721. The Balaban J connectivity index is 2.77. The highest BCUT2D eigenvalue weighted by atomic mass is 32.2. The maximum atomic E-state index is 12.3. The van der Waals surface area contributed by atoms with Crippen LogP contribution in [0.3, 0.4) is 0 Å². The minimum absolute atomic E-state index is 0.0406. The molecular formula is C17H26N2O5S. The van der Waals surface area contributed by atoms with Crippen LogP contribution in [-0.4, -0.2) is 39.0 Å². The van der Waals surface area contributed by atoms with Gasteiger partial charge in [0.15, 0.2) is 6.61 Å². The Morgan fingerprint density at radius 1 is 1.20 bits per heavy atom. The van der Waals surface area contributed by atoms with Gasteiger partial charge < -0.3 is 10.1 Å². The summed E-state index contributed by atoms with van der Waals surface area (Å²) in [5.41, 5.74) is -0.586. The summed E-state index contributed by atoms with van der Waals surface area (Å²) in [5, 5.41) is 2.63. The topological polar surface area (TPSA) is 102 Å². The zero-order valence-electron chi connectivity index (χ0n) is 15.3. The van der Waals surface area contributed by atoms with E-state index >= 15 is 0 Å². The van der Waals surface area contributed by atoms with E-state index in [2.05, 4.69) is 10.0 Å². The van der Waals surface area contributed by atoms with Gasteiger partial charge in [0.05, 0.1) is 10.5 Å². The highest BCUT2D eigenvalue weighted by Crippen LogP contribution is 2.15. The van der Waals surface area contributed by atoms with Crippen molar-refractivity contribution >= 4 is 21.9 Å². The SMILES string of the molecule is CC(C)CNC(=O)COC(=O)c1cccc(S(=O)(=O)NC(C)(C)C)c1. The van der Waals surface area contributed by atoms with Gasteiger partial charge in [-0.2, -0.15) is 0 Å². The van der Waals surface area contributed by atoms with Gasteiger partial charge in [-0.05, 0) is 44.9 Å². The number of benzene rings is 1. The van der Waals surface area contributed by atoms with Crippen LogP contribution >= 0.6 is 0 Å². The van der Waals surface area contributed by atoms with Gasteiger partial charge in [0.2, 0.25) is 10.0 Å². The molecule has 0 saturated heterocycles. The quantitative estimate of drug-likeness (QED) is 0.711. The second-order valence-electron chi connectivity index (χ2n) is 7.16. The third-order valence-electron chi connectivity index (χ3n) is 2.86. The second-order valence-corrected chi connectivity index (χ2v) is 8.84. The Kier molecular flexibility index (Phi) is 7.13. The molecule has 1 rings (SSSR count). The van der Waals surface area contributed by atoms with Gasteiger partial charge in [0.1, 0.15) is 0 Å². The van der Waals surface area contributed by atoms with Gasteiger partial charge in [-0.1, -0.05) is 19.9 Å². The molecule has 0 aliphatic rings. The van der Waals surface area contributed by atoms with Crippen LogP contribution < -0.4 is 10.0 Å². The van der Waals surface area contributed by atoms with Crippen molar-refractivity contribution in [3.63, 3.8) is 0 Å². The lowest BCUT2D eigenvalue weighted by atomic mass is 10.1. The fraction of sp³-hybridized carbons (Fsp3) is 0.529. The van der Waals surface area contributed by atoms with Crippen LogP contribution in [-0.2, 0) is 19.6 Å². The summed E-state index contributed by atoms with van der Waals surface area (Å²) in [6, 6.07) is 5.50. The number of ether oxygens (including phenoxy) is 1. The summed E-state index contributed by atoms with van der Waals surface area (Å²) in [5.74, 6) is -0.871. The van der Waals surface area contributed by atoms with E-state index in [1.807, 2.05) is 13.8 Å². The Morgan fingerprint density at radius 3 is 2.40 bits per heavy atom. The third kappa shape index (κ3) is 7.66. The van der Waals surface area contributed by atoms with Crippen LogP contribution in [0.1, 0.15) is 45.0 Å². The van der Waals surface area contributed by atoms with Crippen molar-refractivity contribution in [2.24, 2.45) is 5.92 Å². The molecule has 0 fully saturated rings. The molecule has 0 aliphatic carbocycles. The van der Waals surface area contributed by atoms with E-state index in [-0.39, 0.29) is 16.4 Å². The standard InChI is InChI=1S/C17H26N2O5S/c1-12(2)10-18-15(20)11-24-16(21)13-7-6-8-14(9-13)25(22,23)19-17(3,4)5/h6-9,12,19H,10-11H2,1-5H3,(H,18,20). The molecule has 140 valence electrons. The Morgan fingerprint density at radius 2 is 1.84 bits per heavy atom. The van der Waals surface area contributed by atoms with Gasteiger partial charge in [0, 0.05) is 12.1 Å². The van der Waals surface area contributed by atoms with Crippen LogP contribution in [0.2, 0.25) is 0 Å². The minimum atomic E-state index is -3.76. The lowest BCUT2D eigenvalue weighted by Gasteiger charge is -2.20. The fourth-order valence-electron chi connectivity index (χ4n) is 1.84. The zero-order valence-corrected chi connectivity index (χ0v) is 16.1. The molecule has 0 spiro atoms. The van der Waals surface area contributed by atoms with Gasteiger partial charge in [-0.3, -0.25) is 4.79 Å². The van der Waals surface area contributed by atoms with E-state index in [4.69, 9.17) is 4.74 Å².